The SMILES string of the molecule is CCCCCCCCCCCCCCC(C)(CCCCCC)C(=O)OCCCCCCCCCC. The predicted octanol–water partition coefficient (Wildman–Crippen LogP) is 11.7. The Balaban J connectivity index is 4.05. The van der Waals surface area contributed by atoms with Crippen molar-refractivity contribution in [3.05, 3.63) is 0 Å². The average molecular weight is 495 g/mol. The molecule has 0 heterocycles. The van der Waals surface area contributed by atoms with Crippen molar-refractivity contribution in [3.63, 3.8) is 0 Å². The predicted molar refractivity (Wildman–Crippen MR) is 156 cm³/mol. The van der Waals surface area contributed by atoms with Gasteiger partial charge in [0, 0.05) is 0 Å². The highest BCUT2D eigenvalue weighted by Crippen LogP contribution is 2.33. The van der Waals surface area contributed by atoms with E-state index < -0.39 is 0 Å². The fraction of sp³-hybridized carbons (Fsp3) is 0.970. The second-order valence-corrected chi connectivity index (χ2v) is 11.6. The van der Waals surface area contributed by atoms with Crippen LogP contribution in [0.5, 0.6) is 0 Å². The molecule has 210 valence electrons. The molecule has 0 rings (SSSR count). The molecule has 35 heavy (non-hydrogen) atoms. The minimum Gasteiger partial charge on any atom is -0.465 e. The van der Waals surface area contributed by atoms with Gasteiger partial charge in [0.05, 0.1) is 12.0 Å². The van der Waals surface area contributed by atoms with Gasteiger partial charge in [0.15, 0.2) is 0 Å². The number of hydrogen-bond donors (Lipinski definition) is 0. The second kappa shape index (κ2) is 26.5. The van der Waals surface area contributed by atoms with E-state index in [4.69, 9.17) is 4.74 Å². The molecule has 0 saturated heterocycles. The Morgan fingerprint density at radius 2 is 0.743 bits per heavy atom. The van der Waals surface area contributed by atoms with Gasteiger partial charge in [-0.05, 0) is 26.2 Å². The number of carbonyl (C=O) groups excluding carboxylic acids is 1. The van der Waals surface area contributed by atoms with Gasteiger partial charge in [-0.1, -0.05) is 168 Å². The molecule has 0 bridgehead atoms. The minimum atomic E-state index is -0.271. The molecule has 0 aromatic rings. The molecule has 0 amide bonds. The first-order valence-electron chi connectivity index (χ1n) is 16.3. The van der Waals surface area contributed by atoms with E-state index in [1.165, 1.54) is 141 Å². The first-order valence-corrected chi connectivity index (χ1v) is 16.3. The Morgan fingerprint density at radius 3 is 1.11 bits per heavy atom. The molecule has 0 saturated carbocycles. The van der Waals surface area contributed by atoms with E-state index in [0.717, 1.165) is 25.7 Å². The lowest BCUT2D eigenvalue weighted by atomic mass is 9.79. The summed E-state index contributed by atoms with van der Waals surface area (Å²) in [7, 11) is 0. The largest absolute Gasteiger partial charge is 0.465 e. The molecule has 2 nitrogen and oxygen atoms in total. The smallest absolute Gasteiger partial charge is 0.311 e. The van der Waals surface area contributed by atoms with Gasteiger partial charge in [0.2, 0.25) is 0 Å². The van der Waals surface area contributed by atoms with Crippen molar-refractivity contribution < 1.29 is 9.53 Å². The molecule has 1 unspecified atom stereocenters. The summed E-state index contributed by atoms with van der Waals surface area (Å²) in [6, 6.07) is 0. The monoisotopic (exact) mass is 495 g/mol. The molecule has 0 aliphatic rings. The van der Waals surface area contributed by atoms with E-state index in [9.17, 15) is 4.79 Å². The lowest BCUT2D eigenvalue weighted by Crippen LogP contribution is -2.30. The van der Waals surface area contributed by atoms with Crippen LogP contribution in [0.3, 0.4) is 0 Å². The molecule has 0 aromatic heterocycles. The summed E-state index contributed by atoms with van der Waals surface area (Å²) in [6.45, 7) is 9.62. The van der Waals surface area contributed by atoms with Crippen molar-refractivity contribution in [2.75, 3.05) is 6.61 Å². The van der Waals surface area contributed by atoms with Gasteiger partial charge in [-0.25, -0.2) is 0 Å². The van der Waals surface area contributed by atoms with Gasteiger partial charge in [-0.2, -0.15) is 0 Å². The van der Waals surface area contributed by atoms with Gasteiger partial charge < -0.3 is 4.74 Å². The molecular formula is C33H66O2. The highest BCUT2D eigenvalue weighted by atomic mass is 16.5. The zero-order valence-corrected chi connectivity index (χ0v) is 24.9. The van der Waals surface area contributed by atoms with Crippen LogP contribution in [0.15, 0.2) is 0 Å². The summed E-state index contributed by atoms with van der Waals surface area (Å²) in [5.41, 5.74) is -0.271. The summed E-state index contributed by atoms with van der Waals surface area (Å²) in [5, 5.41) is 0. The summed E-state index contributed by atoms with van der Waals surface area (Å²) >= 11 is 0. The van der Waals surface area contributed by atoms with Crippen LogP contribution in [-0.2, 0) is 9.53 Å². The maximum absolute atomic E-state index is 13.0. The number of ether oxygens (including phenoxy) is 1. The van der Waals surface area contributed by atoms with Crippen LogP contribution in [0.2, 0.25) is 0 Å². The van der Waals surface area contributed by atoms with Gasteiger partial charge in [-0.15, -0.1) is 0 Å². The van der Waals surface area contributed by atoms with Crippen LogP contribution in [0, 0.1) is 5.41 Å². The van der Waals surface area contributed by atoms with Crippen molar-refractivity contribution in [1.29, 1.82) is 0 Å². The molecule has 0 fully saturated rings. The number of esters is 1. The standard InChI is InChI=1S/C33H66O2/c1-5-8-11-14-16-18-19-20-21-22-24-27-30-33(4,29-26-13-10-7-3)32(34)35-31-28-25-23-17-15-12-9-6-2/h5-31H2,1-4H3. The Labute approximate surface area is 222 Å². The second-order valence-electron chi connectivity index (χ2n) is 11.6. The van der Waals surface area contributed by atoms with Crippen molar-refractivity contribution >= 4 is 5.97 Å². The van der Waals surface area contributed by atoms with Crippen LogP contribution in [0.25, 0.3) is 0 Å². The van der Waals surface area contributed by atoms with Gasteiger partial charge >= 0.3 is 5.97 Å². The molecule has 0 spiro atoms. The lowest BCUT2D eigenvalue weighted by Gasteiger charge is -2.27. The van der Waals surface area contributed by atoms with E-state index in [1.54, 1.807) is 0 Å². The van der Waals surface area contributed by atoms with Crippen LogP contribution in [0.1, 0.15) is 195 Å². The lowest BCUT2D eigenvalue weighted by molar-refractivity contribution is -0.156. The fourth-order valence-electron chi connectivity index (χ4n) is 5.20. The third-order valence-electron chi connectivity index (χ3n) is 7.89. The summed E-state index contributed by atoms with van der Waals surface area (Å²) < 4.78 is 5.83. The van der Waals surface area contributed by atoms with Crippen molar-refractivity contribution in [2.24, 2.45) is 5.41 Å². The normalized spacial score (nSPS) is 13.1. The molecule has 2 heteroatoms. The first-order chi connectivity index (χ1) is 17.1. The quantitative estimate of drug-likeness (QED) is 0.0798. The highest BCUT2D eigenvalue weighted by Gasteiger charge is 2.33. The van der Waals surface area contributed by atoms with Crippen LogP contribution in [-0.4, -0.2) is 12.6 Å². The summed E-state index contributed by atoms with van der Waals surface area (Å²) in [5.74, 6) is 0.0833. The van der Waals surface area contributed by atoms with Crippen LogP contribution in [0.4, 0.5) is 0 Å². The third-order valence-corrected chi connectivity index (χ3v) is 7.89. The Hall–Kier alpha value is -0.530. The van der Waals surface area contributed by atoms with Crippen molar-refractivity contribution in [3.8, 4) is 0 Å². The summed E-state index contributed by atoms with van der Waals surface area (Å²) in [4.78, 5) is 13.0. The number of unbranched alkanes of at least 4 members (excludes halogenated alkanes) is 21. The van der Waals surface area contributed by atoms with E-state index >= 15 is 0 Å². The topological polar surface area (TPSA) is 26.3 Å². The third kappa shape index (κ3) is 22.4. The zero-order chi connectivity index (χ0) is 25.9. The van der Waals surface area contributed by atoms with Gasteiger partial charge in [-0.3, -0.25) is 4.79 Å². The van der Waals surface area contributed by atoms with Gasteiger partial charge in [0.1, 0.15) is 0 Å². The molecule has 0 radical (unpaired) electrons. The number of rotatable bonds is 28. The molecule has 0 aliphatic carbocycles. The summed E-state index contributed by atoms with van der Waals surface area (Å²) in [6.07, 6.45) is 33.6. The van der Waals surface area contributed by atoms with E-state index in [-0.39, 0.29) is 11.4 Å². The number of carbonyl (C=O) groups is 1. The first kappa shape index (κ1) is 34.5. The van der Waals surface area contributed by atoms with Crippen molar-refractivity contribution in [2.45, 2.75) is 195 Å². The Morgan fingerprint density at radius 1 is 0.457 bits per heavy atom. The maximum Gasteiger partial charge on any atom is 0.311 e. The molecule has 1 atom stereocenters. The Kier molecular flexibility index (Phi) is 26.1. The van der Waals surface area contributed by atoms with E-state index in [2.05, 4.69) is 27.7 Å². The Bertz CT molecular complexity index is 433. The molecule has 0 N–H and O–H groups in total. The van der Waals surface area contributed by atoms with Crippen LogP contribution >= 0.6 is 0 Å². The van der Waals surface area contributed by atoms with Crippen LogP contribution < -0.4 is 0 Å². The minimum absolute atomic E-state index is 0.0833. The zero-order valence-electron chi connectivity index (χ0n) is 24.9. The highest BCUT2D eigenvalue weighted by molar-refractivity contribution is 5.76. The van der Waals surface area contributed by atoms with E-state index in [0.29, 0.717) is 6.61 Å². The number of hydrogen-bond acceptors (Lipinski definition) is 2. The fourth-order valence-corrected chi connectivity index (χ4v) is 5.20. The molecular weight excluding hydrogens is 428 g/mol. The van der Waals surface area contributed by atoms with Crippen molar-refractivity contribution in [1.82, 2.24) is 0 Å². The van der Waals surface area contributed by atoms with Gasteiger partial charge in [0.25, 0.3) is 0 Å². The molecule has 0 aliphatic heterocycles. The average Bonchev–Trinajstić information content (AvgIpc) is 2.86. The molecule has 0 aromatic carbocycles. The van der Waals surface area contributed by atoms with E-state index in [1.807, 2.05) is 0 Å². The maximum atomic E-state index is 13.0.